The molecule has 0 aliphatic carbocycles. The van der Waals surface area contributed by atoms with Crippen molar-refractivity contribution in [2.75, 3.05) is 13.1 Å². The van der Waals surface area contributed by atoms with Crippen LogP contribution in [0.1, 0.15) is 68.6 Å². The number of thiophene rings is 1. The van der Waals surface area contributed by atoms with E-state index in [-0.39, 0.29) is 35.9 Å². The fraction of sp³-hybridized carbons (Fsp3) is 0.520. The molecule has 4 nitrogen and oxygen atoms in total. The summed E-state index contributed by atoms with van der Waals surface area (Å²) in [7, 11) is 0. The second-order valence-corrected chi connectivity index (χ2v) is 10.7. The molecule has 5 heteroatoms. The molecule has 1 aromatic heterocycles. The Morgan fingerprint density at radius 1 is 1.17 bits per heavy atom. The molecule has 2 heterocycles. The van der Waals surface area contributed by atoms with Gasteiger partial charge >= 0.3 is 0 Å². The lowest BCUT2D eigenvalue weighted by Crippen LogP contribution is -2.49. The minimum Gasteiger partial charge on any atom is -0.331 e. The number of rotatable bonds is 5. The maximum Gasteiger partial charge on any atom is 0.243 e. The highest BCUT2D eigenvalue weighted by Crippen LogP contribution is 2.39. The summed E-state index contributed by atoms with van der Waals surface area (Å²) in [5.74, 6) is 0.0718. The van der Waals surface area contributed by atoms with Crippen LogP contribution in [0.3, 0.4) is 0 Å². The molecule has 2 aromatic rings. The summed E-state index contributed by atoms with van der Waals surface area (Å²) < 4.78 is 0. The van der Waals surface area contributed by atoms with Gasteiger partial charge < -0.3 is 9.80 Å². The molecule has 0 saturated heterocycles. The first kappa shape index (κ1) is 22.5. The molecule has 1 atom stereocenters. The Labute approximate surface area is 184 Å². The normalized spacial score (nSPS) is 16.5. The third kappa shape index (κ3) is 4.94. The number of hydrogen-bond acceptors (Lipinski definition) is 3. The second kappa shape index (κ2) is 8.93. The number of nitrogens with zero attached hydrogens (tertiary/aromatic N) is 2. The summed E-state index contributed by atoms with van der Waals surface area (Å²) in [6.07, 6.45) is 1.31. The van der Waals surface area contributed by atoms with Crippen molar-refractivity contribution in [2.24, 2.45) is 5.41 Å². The van der Waals surface area contributed by atoms with Crippen LogP contribution in [-0.2, 0) is 16.0 Å². The summed E-state index contributed by atoms with van der Waals surface area (Å²) in [4.78, 5) is 31.6. The summed E-state index contributed by atoms with van der Waals surface area (Å²) >= 11 is 1.77. The van der Waals surface area contributed by atoms with Crippen LogP contribution in [0.2, 0.25) is 0 Å². The summed E-state index contributed by atoms with van der Waals surface area (Å²) in [6.45, 7) is 13.1. The Morgan fingerprint density at radius 3 is 2.50 bits per heavy atom. The number of carbonyl (C=O) groups is 2. The van der Waals surface area contributed by atoms with Gasteiger partial charge in [-0.2, -0.15) is 0 Å². The van der Waals surface area contributed by atoms with E-state index in [1.165, 1.54) is 21.6 Å². The maximum absolute atomic E-state index is 13.5. The van der Waals surface area contributed by atoms with Crippen LogP contribution >= 0.6 is 11.3 Å². The van der Waals surface area contributed by atoms with E-state index in [4.69, 9.17) is 0 Å². The Bertz CT molecular complexity index is 910. The Hall–Kier alpha value is -2.14. The van der Waals surface area contributed by atoms with E-state index in [0.29, 0.717) is 13.0 Å². The van der Waals surface area contributed by atoms with Crippen LogP contribution in [0.5, 0.6) is 0 Å². The fourth-order valence-electron chi connectivity index (χ4n) is 4.16. The summed E-state index contributed by atoms with van der Waals surface area (Å²) in [6, 6.07) is 10.4. The van der Waals surface area contributed by atoms with Crippen LogP contribution in [0.15, 0.2) is 35.7 Å². The summed E-state index contributed by atoms with van der Waals surface area (Å²) in [5, 5.41) is 2.12. The Kier molecular flexibility index (Phi) is 6.71. The molecule has 0 fully saturated rings. The molecule has 162 valence electrons. The smallest absolute Gasteiger partial charge is 0.243 e. The minimum atomic E-state index is -0.104. The maximum atomic E-state index is 13.5. The second-order valence-electron chi connectivity index (χ2n) is 9.75. The van der Waals surface area contributed by atoms with Gasteiger partial charge in [-0.25, -0.2) is 0 Å². The largest absolute Gasteiger partial charge is 0.331 e. The monoisotopic (exact) mass is 426 g/mol. The van der Waals surface area contributed by atoms with Crippen molar-refractivity contribution in [1.29, 1.82) is 0 Å². The van der Waals surface area contributed by atoms with Crippen molar-refractivity contribution >= 4 is 23.2 Å². The van der Waals surface area contributed by atoms with E-state index >= 15 is 0 Å². The van der Waals surface area contributed by atoms with E-state index in [1.54, 1.807) is 16.2 Å². The van der Waals surface area contributed by atoms with Crippen molar-refractivity contribution in [1.82, 2.24) is 9.80 Å². The van der Waals surface area contributed by atoms with Crippen LogP contribution in [0.4, 0.5) is 0 Å². The van der Waals surface area contributed by atoms with E-state index in [9.17, 15) is 9.59 Å². The molecule has 3 rings (SSSR count). The third-order valence-corrected chi connectivity index (χ3v) is 6.70. The van der Waals surface area contributed by atoms with Crippen molar-refractivity contribution in [2.45, 2.75) is 66.5 Å². The molecular formula is C25H34N2O2S. The SMILES string of the molecule is Cc1ccccc1C1c2ccsc2CCN1C(=O)CN(C(=O)CC(C)(C)C)C(C)C. The number of hydrogen-bond donors (Lipinski definition) is 0. The van der Waals surface area contributed by atoms with Gasteiger partial charge in [-0.05, 0) is 60.7 Å². The highest BCUT2D eigenvalue weighted by atomic mass is 32.1. The molecule has 1 aromatic carbocycles. The molecule has 1 aliphatic heterocycles. The first-order chi connectivity index (χ1) is 14.1. The van der Waals surface area contributed by atoms with Crippen LogP contribution in [0, 0.1) is 12.3 Å². The molecule has 30 heavy (non-hydrogen) atoms. The van der Waals surface area contributed by atoms with Gasteiger partial charge in [0.15, 0.2) is 0 Å². The van der Waals surface area contributed by atoms with Gasteiger partial charge in [-0.3, -0.25) is 9.59 Å². The van der Waals surface area contributed by atoms with Crippen LogP contribution in [0.25, 0.3) is 0 Å². The molecule has 0 radical (unpaired) electrons. The van der Waals surface area contributed by atoms with E-state index in [1.807, 2.05) is 30.9 Å². The predicted molar refractivity (Wildman–Crippen MR) is 124 cm³/mol. The average Bonchev–Trinajstić information content (AvgIpc) is 3.12. The van der Waals surface area contributed by atoms with Gasteiger partial charge in [0.25, 0.3) is 0 Å². The zero-order valence-corrected chi connectivity index (χ0v) is 19.9. The van der Waals surface area contributed by atoms with Crippen molar-refractivity contribution in [3.63, 3.8) is 0 Å². The lowest BCUT2D eigenvalue weighted by atomic mass is 9.90. The number of fused-ring (bicyclic) bond motifs is 1. The Morgan fingerprint density at radius 2 is 1.87 bits per heavy atom. The van der Waals surface area contributed by atoms with E-state index < -0.39 is 0 Å². The molecule has 0 saturated carbocycles. The van der Waals surface area contributed by atoms with Gasteiger partial charge in [0.1, 0.15) is 6.54 Å². The molecule has 0 bridgehead atoms. The molecule has 1 unspecified atom stereocenters. The first-order valence-electron chi connectivity index (χ1n) is 10.8. The van der Waals surface area contributed by atoms with E-state index in [0.717, 1.165) is 6.42 Å². The lowest BCUT2D eigenvalue weighted by Gasteiger charge is -2.39. The topological polar surface area (TPSA) is 40.6 Å². The molecular weight excluding hydrogens is 392 g/mol. The number of aryl methyl sites for hydroxylation is 1. The number of benzene rings is 1. The van der Waals surface area contributed by atoms with Crippen molar-refractivity contribution in [3.8, 4) is 0 Å². The highest BCUT2D eigenvalue weighted by Gasteiger charge is 2.35. The quantitative estimate of drug-likeness (QED) is 0.659. The van der Waals surface area contributed by atoms with Crippen LogP contribution < -0.4 is 0 Å². The fourth-order valence-corrected chi connectivity index (χ4v) is 5.07. The van der Waals surface area contributed by atoms with E-state index in [2.05, 4.69) is 51.3 Å². The Balaban J connectivity index is 1.90. The highest BCUT2D eigenvalue weighted by molar-refractivity contribution is 7.10. The van der Waals surface area contributed by atoms with Crippen molar-refractivity contribution in [3.05, 3.63) is 57.3 Å². The third-order valence-electron chi connectivity index (χ3n) is 5.70. The zero-order chi connectivity index (χ0) is 22.1. The number of carbonyl (C=O) groups excluding carboxylic acids is 2. The van der Waals surface area contributed by atoms with Gasteiger partial charge in [0.05, 0.1) is 6.04 Å². The predicted octanol–water partition coefficient (Wildman–Crippen LogP) is 5.20. The molecule has 1 aliphatic rings. The average molecular weight is 427 g/mol. The van der Waals surface area contributed by atoms with Gasteiger partial charge in [0, 0.05) is 23.9 Å². The van der Waals surface area contributed by atoms with Crippen LogP contribution in [-0.4, -0.2) is 40.7 Å². The van der Waals surface area contributed by atoms with Gasteiger partial charge in [-0.15, -0.1) is 11.3 Å². The standard InChI is InChI=1S/C25H34N2O2S/c1-17(2)27(22(28)15-25(4,5)6)16-23(29)26-13-11-21-20(12-14-30-21)24(26)19-10-8-7-9-18(19)3/h7-10,12,14,17,24H,11,13,15-16H2,1-6H3. The summed E-state index contributed by atoms with van der Waals surface area (Å²) in [5.41, 5.74) is 3.48. The molecule has 2 amide bonds. The first-order valence-corrected chi connectivity index (χ1v) is 11.7. The number of amides is 2. The van der Waals surface area contributed by atoms with Gasteiger partial charge in [-0.1, -0.05) is 45.0 Å². The van der Waals surface area contributed by atoms with Crippen molar-refractivity contribution < 1.29 is 9.59 Å². The molecule has 0 spiro atoms. The molecule has 0 N–H and O–H groups in total. The minimum absolute atomic E-state index is 0.0118. The van der Waals surface area contributed by atoms with Gasteiger partial charge in [0.2, 0.25) is 11.8 Å². The lowest BCUT2D eigenvalue weighted by molar-refractivity contribution is -0.144. The zero-order valence-electron chi connectivity index (χ0n) is 19.1.